The fourth-order valence-electron chi connectivity index (χ4n) is 2.68. The summed E-state index contributed by atoms with van der Waals surface area (Å²) in [7, 11) is 1.71. The molecule has 0 radical (unpaired) electrons. The van der Waals surface area contributed by atoms with E-state index in [4.69, 9.17) is 4.74 Å². The van der Waals surface area contributed by atoms with Crippen molar-refractivity contribution in [2.45, 2.75) is 40.3 Å². The lowest BCUT2D eigenvalue weighted by molar-refractivity contribution is 0.406. The van der Waals surface area contributed by atoms with E-state index in [1.807, 2.05) is 13.1 Å². The molecule has 1 heterocycles. The first-order valence-electron chi connectivity index (χ1n) is 7.32. The van der Waals surface area contributed by atoms with E-state index < -0.39 is 0 Å². The van der Waals surface area contributed by atoms with Gasteiger partial charge < -0.3 is 10.1 Å². The number of aryl methyl sites for hydroxylation is 2. The third kappa shape index (κ3) is 3.42. The summed E-state index contributed by atoms with van der Waals surface area (Å²) in [5.41, 5.74) is 5.86. The van der Waals surface area contributed by atoms with Gasteiger partial charge in [-0.15, -0.1) is 0 Å². The Kier molecular flexibility index (Phi) is 4.97. The summed E-state index contributed by atoms with van der Waals surface area (Å²) >= 11 is 0. The SMILES string of the molecule is COc1c(C)cnc(CNC(C)c2ccccc2C)c1C. The molecule has 0 amide bonds. The van der Waals surface area contributed by atoms with Gasteiger partial charge in [-0.25, -0.2) is 0 Å². The molecule has 1 N–H and O–H groups in total. The van der Waals surface area contributed by atoms with Crippen LogP contribution in [-0.4, -0.2) is 12.1 Å². The fourth-order valence-corrected chi connectivity index (χ4v) is 2.68. The van der Waals surface area contributed by atoms with Gasteiger partial charge in [0.2, 0.25) is 0 Å². The van der Waals surface area contributed by atoms with Crippen molar-refractivity contribution >= 4 is 0 Å². The summed E-state index contributed by atoms with van der Waals surface area (Å²) in [4.78, 5) is 4.53. The average Bonchev–Trinajstić information content (AvgIpc) is 2.47. The van der Waals surface area contributed by atoms with Crippen LogP contribution in [0.2, 0.25) is 0 Å². The second-order valence-corrected chi connectivity index (χ2v) is 5.51. The van der Waals surface area contributed by atoms with Crippen molar-refractivity contribution in [2.75, 3.05) is 7.11 Å². The van der Waals surface area contributed by atoms with Crippen LogP contribution in [0, 0.1) is 20.8 Å². The van der Waals surface area contributed by atoms with Crippen molar-refractivity contribution in [1.29, 1.82) is 0 Å². The van der Waals surface area contributed by atoms with Crippen molar-refractivity contribution in [3.63, 3.8) is 0 Å². The van der Waals surface area contributed by atoms with Crippen LogP contribution in [-0.2, 0) is 6.54 Å². The van der Waals surface area contributed by atoms with E-state index in [1.165, 1.54) is 11.1 Å². The third-order valence-corrected chi connectivity index (χ3v) is 3.98. The van der Waals surface area contributed by atoms with E-state index in [2.05, 4.69) is 55.3 Å². The lowest BCUT2D eigenvalue weighted by Crippen LogP contribution is -2.20. The van der Waals surface area contributed by atoms with Crippen LogP contribution in [0.25, 0.3) is 0 Å². The van der Waals surface area contributed by atoms with Gasteiger partial charge >= 0.3 is 0 Å². The molecule has 0 aliphatic carbocycles. The van der Waals surface area contributed by atoms with Crippen molar-refractivity contribution < 1.29 is 4.74 Å². The lowest BCUT2D eigenvalue weighted by Gasteiger charge is -2.18. The molecule has 0 spiro atoms. The normalized spacial score (nSPS) is 12.2. The van der Waals surface area contributed by atoms with Crippen LogP contribution >= 0.6 is 0 Å². The molecule has 3 heteroatoms. The van der Waals surface area contributed by atoms with Crippen molar-refractivity contribution in [3.8, 4) is 5.75 Å². The van der Waals surface area contributed by atoms with E-state index in [0.29, 0.717) is 6.04 Å². The van der Waals surface area contributed by atoms with Crippen LogP contribution in [0.1, 0.15) is 40.9 Å². The minimum absolute atomic E-state index is 0.291. The molecule has 0 aliphatic rings. The van der Waals surface area contributed by atoms with Crippen LogP contribution in [0.3, 0.4) is 0 Å². The predicted octanol–water partition coefficient (Wildman–Crippen LogP) is 3.87. The Hall–Kier alpha value is -1.87. The van der Waals surface area contributed by atoms with Gasteiger partial charge in [0, 0.05) is 29.9 Å². The maximum atomic E-state index is 5.46. The van der Waals surface area contributed by atoms with E-state index >= 15 is 0 Å². The molecule has 0 saturated carbocycles. The Balaban J connectivity index is 2.12. The Morgan fingerprint density at radius 3 is 2.52 bits per heavy atom. The number of methoxy groups -OCH3 is 1. The van der Waals surface area contributed by atoms with Gasteiger partial charge in [-0.2, -0.15) is 0 Å². The lowest BCUT2D eigenvalue weighted by atomic mass is 10.0. The smallest absolute Gasteiger partial charge is 0.128 e. The Bertz CT molecular complexity index is 623. The van der Waals surface area contributed by atoms with E-state index in [9.17, 15) is 0 Å². The summed E-state index contributed by atoms with van der Waals surface area (Å²) in [6.45, 7) is 9.15. The van der Waals surface area contributed by atoms with Crippen LogP contribution in [0.4, 0.5) is 0 Å². The minimum Gasteiger partial charge on any atom is -0.496 e. The highest BCUT2D eigenvalue weighted by molar-refractivity contribution is 5.41. The number of benzene rings is 1. The number of aromatic nitrogens is 1. The molecule has 112 valence electrons. The number of nitrogens with zero attached hydrogens (tertiary/aromatic N) is 1. The van der Waals surface area contributed by atoms with Crippen molar-refractivity contribution in [1.82, 2.24) is 10.3 Å². The van der Waals surface area contributed by atoms with Crippen LogP contribution < -0.4 is 10.1 Å². The second-order valence-electron chi connectivity index (χ2n) is 5.51. The molecule has 21 heavy (non-hydrogen) atoms. The Labute approximate surface area is 127 Å². The summed E-state index contributed by atoms with van der Waals surface area (Å²) in [6, 6.07) is 8.76. The molecule has 0 saturated heterocycles. The minimum atomic E-state index is 0.291. The van der Waals surface area contributed by atoms with E-state index in [1.54, 1.807) is 7.11 Å². The molecule has 1 atom stereocenters. The summed E-state index contributed by atoms with van der Waals surface area (Å²) in [5, 5.41) is 3.55. The summed E-state index contributed by atoms with van der Waals surface area (Å²) < 4.78 is 5.46. The van der Waals surface area contributed by atoms with Gasteiger partial charge in [0.25, 0.3) is 0 Å². The maximum Gasteiger partial charge on any atom is 0.128 e. The number of ether oxygens (including phenoxy) is 1. The topological polar surface area (TPSA) is 34.1 Å². The summed E-state index contributed by atoms with van der Waals surface area (Å²) in [6.07, 6.45) is 1.88. The van der Waals surface area contributed by atoms with Gasteiger partial charge in [-0.05, 0) is 38.8 Å². The zero-order valence-electron chi connectivity index (χ0n) is 13.5. The molecular weight excluding hydrogens is 260 g/mol. The predicted molar refractivity (Wildman–Crippen MR) is 86.7 cm³/mol. The van der Waals surface area contributed by atoms with Gasteiger partial charge in [-0.1, -0.05) is 24.3 Å². The van der Waals surface area contributed by atoms with Crippen molar-refractivity contribution in [3.05, 3.63) is 58.4 Å². The highest BCUT2D eigenvalue weighted by Gasteiger charge is 2.12. The number of pyridine rings is 1. The number of hydrogen-bond acceptors (Lipinski definition) is 3. The molecule has 2 aromatic rings. The molecule has 0 fully saturated rings. The highest BCUT2D eigenvalue weighted by Crippen LogP contribution is 2.24. The molecule has 0 aliphatic heterocycles. The van der Waals surface area contributed by atoms with Crippen LogP contribution in [0.5, 0.6) is 5.75 Å². The quantitative estimate of drug-likeness (QED) is 0.905. The molecule has 2 rings (SSSR count). The zero-order chi connectivity index (χ0) is 15.4. The Morgan fingerprint density at radius 1 is 1.14 bits per heavy atom. The van der Waals surface area contributed by atoms with E-state index in [0.717, 1.165) is 29.1 Å². The van der Waals surface area contributed by atoms with Gasteiger partial charge in [0.1, 0.15) is 5.75 Å². The first kappa shape index (κ1) is 15.5. The largest absolute Gasteiger partial charge is 0.496 e. The first-order valence-corrected chi connectivity index (χ1v) is 7.32. The zero-order valence-corrected chi connectivity index (χ0v) is 13.5. The van der Waals surface area contributed by atoms with Gasteiger partial charge in [0.15, 0.2) is 0 Å². The molecule has 1 aromatic carbocycles. The monoisotopic (exact) mass is 284 g/mol. The first-order chi connectivity index (χ1) is 10.0. The van der Waals surface area contributed by atoms with Gasteiger partial charge in [-0.3, -0.25) is 4.98 Å². The maximum absolute atomic E-state index is 5.46. The van der Waals surface area contributed by atoms with Crippen molar-refractivity contribution in [2.24, 2.45) is 0 Å². The van der Waals surface area contributed by atoms with E-state index in [-0.39, 0.29) is 0 Å². The Morgan fingerprint density at radius 2 is 1.86 bits per heavy atom. The highest BCUT2D eigenvalue weighted by atomic mass is 16.5. The number of hydrogen-bond donors (Lipinski definition) is 1. The average molecular weight is 284 g/mol. The third-order valence-electron chi connectivity index (χ3n) is 3.98. The van der Waals surface area contributed by atoms with Gasteiger partial charge in [0.05, 0.1) is 12.8 Å². The molecule has 1 aromatic heterocycles. The number of rotatable bonds is 5. The standard InChI is InChI=1S/C18H24N2O/c1-12-8-6-7-9-16(12)15(4)19-11-17-14(3)18(21-5)13(2)10-20-17/h6-10,15,19H,11H2,1-5H3. The summed E-state index contributed by atoms with van der Waals surface area (Å²) in [5.74, 6) is 0.936. The number of nitrogens with one attached hydrogen (secondary N) is 1. The molecule has 0 bridgehead atoms. The fraction of sp³-hybridized carbons (Fsp3) is 0.389. The molecular formula is C18H24N2O. The second kappa shape index (κ2) is 6.72. The van der Waals surface area contributed by atoms with Crippen LogP contribution in [0.15, 0.2) is 30.5 Å². The molecule has 1 unspecified atom stereocenters. The molecule has 3 nitrogen and oxygen atoms in total.